The third-order valence-electron chi connectivity index (χ3n) is 1.69. The van der Waals surface area contributed by atoms with Crippen molar-refractivity contribution < 1.29 is 4.39 Å². The Labute approximate surface area is 76.3 Å². The van der Waals surface area contributed by atoms with Gasteiger partial charge < -0.3 is 16.5 Å². The van der Waals surface area contributed by atoms with Gasteiger partial charge >= 0.3 is 0 Å². The Morgan fingerprint density at radius 3 is 2.85 bits per heavy atom. The second kappa shape index (κ2) is 3.89. The number of anilines is 2. The van der Waals surface area contributed by atoms with Crippen LogP contribution in [0.5, 0.6) is 0 Å². The van der Waals surface area contributed by atoms with E-state index in [1.807, 2.05) is 6.92 Å². The Bertz CT molecular complexity index is 323. The van der Waals surface area contributed by atoms with E-state index in [1.54, 1.807) is 0 Å². The number of benzene rings is 1. The molecule has 0 atom stereocenters. The summed E-state index contributed by atoms with van der Waals surface area (Å²) in [6, 6.07) is 2.75. The molecule has 1 rings (SSSR count). The smallest absolute Gasteiger partial charge is 0.146 e. The first-order valence-corrected chi connectivity index (χ1v) is 4.02. The number of nitrogens with one attached hydrogen (secondary N) is 2. The number of halogens is 1. The molecule has 0 fully saturated rings. The van der Waals surface area contributed by atoms with Crippen molar-refractivity contribution in [2.75, 3.05) is 17.6 Å². The summed E-state index contributed by atoms with van der Waals surface area (Å²) < 4.78 is 12.9. The third-order valence-corrected chi connectivity index (χ3v) is 1.69. The van der Waals surface area contributed by atoms with Crippen molar-refractivity contribution in [1.29, 1.82) is 5.41 Å². The molecule has 4 heteroatoms. The van der Waals surface area contributed by atoms with Crippen molar-refractivity contribution in [2.24, 2.45) is 0 Å². The maximum Gasteiger partial charge on any atom is 0.146 e. The van der Waals surface area contributed by atoms with Crippen LogP contribution in [0.15, 0.2) is 12.1 Å². The van der Waals surface area contributed by atoms with Crippen LogP contribution in [0.1, 0.15) is 12.5 Å². The first-order chi connectivity index (χ1) is 6.19. The summed E-state index contributed by atoms with van der Waals surface area (Å²) in [4.78, 5) is 0. The lowest BCUT2D eigenvalue weighted by atomic mass is 10.1. The topological polar surface area (TPSA) is 61.9 Å². The lowest BCUT2D eigenvalue weighted by Gasteiger charge is -2.08. The number of rotatable bonds is 3. The van der Waals surface area contributed by atoms with Gasteiger partial charge in [-0.15, -0.1) is 0 Å². The molecular formula is C9H12FN3. The average Bonchev–Trinajstić information content (AvgIpc) is 2.11. The fourth-order valence-electron chi connectivity index (χ4n) is 1.07. The van der Waals surface area contributed by atoms with Gasteiger partial charge in [-0.2, -0.15) is 0 Å². The lowest BCUT2D eigenvalue weighted by Crippen LogP contribution is -2.03. The van der Waals surface area contributed by atoms with Gasteiger partial charge in [0.05, 0.1) is 5.69 Å². The van der Waals surface area contributed by atoms with E-state index in [0.29, 0.717) is 17.8 Å². The largest absolute Gasteiger partial charge is 0.396 e. The molecule has 0 amide bonds. The summed E-state index contributed by atoms with van der Waals surface area (Å²) in [6.07, 6.45) is 1.10. The highest BCUT2D eigenvalue weighted by molar-refractivity contribution is 5.87. The molecule has 0 radical (unpaired) electrons. The van der Waals surface area contributed by atoms with Gasteiger partial charge in [0.25, 0.3) is 0 Å². The highest BCUT2D eigenvalue weighted by Gasteiger charge is 2.04. The highest BCUT2D eigenvalue weighted by atomic mass is 19.1. The van der Waals surface area contributed by atoms with E-state index in [-0.39, 0.29) is 5.69 Å². The van der Waals surface area contributed by atoms with Crippen LogP contribution >= 0.6 is 0 Å². The first-order valence-electron chi connectivity index (χ1n) is 4.02. The summed E-state index contributed by atoms with van der Waals surface area (Å²) in [6.45, 7) is 2.64. The van der Waals surface area contributed by atoms with E-state index in [9.17, 15) is 4.39 Å². The van der Waals surface area contributed by atoms with Gasteiger partial charge in [0.1, 0.15) is 5.82 Å². The molecule has 0 unspecified atom stereocenters. The second-order valence-corrected chi connectivity index (χ2v) is 2.64. The van der Waals surface area contributed by atoms with Crippen LogP contribution in [0, 0.1) is 11.2 Å². The zero-order chi connectivity index (χ0) is 9.84. The van der Waals surface area contributed by atoms with E-state index >= 15 is 0 Å². The van der Waals surface area contributed by atoms with Crippen LogP contribution in [-0.2, 0) is 0 Å². The molecule has 0 saturated heterocycles. The number of nitrogen functional groups attached to an aromatic ring is 1. The van der Waals surface area contributed by atoms with Crippen molar-refractivity contribution in [3.05, 3.63) is 23.5 Å². The molecule has 13 heavy (non-hydrogen) atoms. The van der Waals surface area contributed by atoms with Crippen LogP contribution in [0.4, 0.5) is 15.8 Å². The zero-order valence-electron chi connectivity index (χ0n) is 7.39. The van der Waals surface area contributed by atoms with E-state index in [2.05, 4.69) is 5.32 Å². The minimum atomic E-state index is -0.486. The van der Waals surface area contributed by atoms with E-state index in [1.165, 1.54) is 12.1 Å². The Kier molecular flexibility index (Phi) is 2.84. The second-order valence-electron chi connectivity index (χ2n) is 2.64. The Balaban J connectivity index is 3.16. The molecule has 3 nitrogen and oxygen atoms in total. The number of hydrogen-bond donors (Lipinski definition) is 3. The molecule has 0 spiro atoms. The van der Waals surface area contributed by atoms with Crippen LogP contribution < -0.4 is 11.1 Å². The monoisotopic (exact) mass is 181 g/mol. The summed E-state index contributed by atoms with van der Waals surface area (Å²) in [7, 11) is 0. The highest BCUT2D eigenvalue weighted by Crippen LogP contribution is 2.20. The molecule has 0 aliphatic carbocycles. The molecule has 70 valence electrons. The fourth-order valence-corrected chi connectivity index (χ4v) is 1.07. The third kappa shape index (κ3) is 1.96. The van der Waals surface area contributed by atoms with Crippen molar-refractivity contribution in [2.45, 2.75) is 6.92 Å². The SMILES string of the molecule is CCNc1cc(N)c(F)cc1C=N. The van der Waals surface area contributed by atoms with Gasteiger partial charge in [0.15, 0.2) is 0 Å². The van der Waals surface area contributed by atoms with Gasteiger partial charge in [0.2, 0.25) is 0 Å². The quantitative estimate of drug-likeness (QED) is 0.492. The minimum absolute atomic E-state index is 0.0987. The maximum atomic E-state index is 12.9. The summed E-state index contributed by atoms with van der Waals surface area (Å²) in [5.74, 6) is -0.486. The number of hydrogen-bond acceptors (Lipinski definition) is 3. The van der Waals surface area contributed by atoms with E-state index in [4.69, 9.17) is 11.1 Å². The average molecular weight is 181 g/mol. The van der Waals surface area contributed by atoms with Crippen molar-refractivity contribution in [3.8, 4) is 0 Å². The lowest BCUT2D eigenvalue weighted by molar-refractivity contribution is 0.632. The van der Waals surface area contributed by atoms with Crippen molar-refractivity contribution in [3.63, 3.8) is 0 Å². The van der Waals surface area contributed by atoms with Gasteiger partial charge in [0, 0.05) is 24.0 Å². The Morgan fingerprint density at radius 2 is 2.31 bits per heavy atom. The summed E-state index contributed by atoms with van der Waals surface area (Å²) in [5, 5.41) is 10.1. The standard InChI is InChI=1S/C9H12FN3/c1-2-13-9-4-8(12)7(10)3-6(9)5-11/h3-5,11,13H,2,12H2,1H3. The molecule has 0 heterocycles. The zero-order valence-corrected chi connectivity index (χ0v) is 7.39. The molecule has 1 aromatic rings. The number of nitrogens with two attached hydrogens (primary N) is 1. The maximum absolute atomic E-state index is 12.9. The normalized spacial score (nSPS) is 9.69. The molecule has 4 N–H and O–H groups in total. The van der Waals surface area contributed by atoms with E-state index < -0.39 is 5.82 Å². The molecule has 0 aliphatic rings. The van der Waals surface area contributed by atoms with Gasteiger partial charge in [-0.1, -0.05) is 0 Å². The summed E-state index contributed by atoms with van der Waals surface area (Å²) >= 11 is 0. The molecule has 1 aromatic carbocycles. The molecule has 0 saturated carbocycles. The van der Waals surface area contributed by atoms with Crippen LogP contribution in [0.25, 0.3) is 0 Å². The Hall–Kier alpha value is -1.58. The van der Waals surface area contributed by atoms with Gasteiger partial charge in [-0.3, -0.25) is 0 Å². The molecule has 0 bridgehead atoms. The van der Waals surface area contributed by atoms with Crippen molar-refractivity contribution in [1.82, 2.24) is 0 Å². The first kappa shape index (κ1) is 9.51. The van der Waals surface area contributed by atoms with Gasteiger partial charge in [-0.25, -0.2) is 4.39 Å². The van der Waals surface area contributed by atoms with Crippen molar-refractivity contribution >= 4 is 17.6 Å². The molecular weight excluding hydrogens is 169 g/mol. The van der Waals surface area contributed by atoms with Gasteiger partial charge in [-0.05, 0) is 19.1 Å². The predicted molar refractivity (Wildman–Crippen MR) is 52.9 cm³/mol. The van der Waals surface area contributed by atoms with E-state index in [0.717, 1.165) is 6.21 Å². The summed E-state index contributed by atoms with van der Waals surface area (Å²) in [5.41, 5.74) is 6.68. The minimum Gasteiger partial charge on any atom is -0.396 e. The Morgan fingerprint density at radius 1 is 1.62 bits per heavy atom. The fraction of sp³-hybridized carbons (Fsp3) is 0.222. The van der Waals surface area contributed by atoms with Crippen LogP contribution in [-0.4, -0.2) is 12.8 Å². The predicted octanol–water partition coefficient (Wildman–Crippen LogP) is 1.84. The molecule has 0 aromatic heterocycles. The van der Waals surface area contributed by atoms with Crippen LogP contribution in [0.3, 0.4) is 0 Å². The van der Waals surface area contributed by atoms with Crippen LogP contribution in [0.2, 0.25) is 0 Å². The molecule has 0 aliphatic heterocycles.